The van der Waals surface area contributed by atoms with Crippen molar-refractivity contribution in [3.8, 4) is 22.8 Å². The Balaban J connectivity index is 1.11. The number of benzene rings is 2. The lowest BCUT2D eigenvalue weighted by Crippen LogP contribution is -2.57. The summed E-state index contributed by atoms with van der Waals surface area (Å²) in [5.74, 6) is 1.67. The van der Waals surface area contributed by atoms with Crippen LogP contribution in [0, 0.1) is 0 Å². The molecule has 53 heavy (non-hydrogen) atoms. The van der Waals surface area contributed by atoms with Crippen LogP contribution in [0.15, 0.2) is 67.0 Å². The van der Waals surface area contributed by atoms with Gasteiger partial charge in [0, 0.05) is 111 Å². The number of nitrogens with one attached hydrogen (secondary N) is 1. The molecule has 11 heteroatoms. The van der Waals surface area contributed by atoms with Gasteiger partial charge in [0.05, 0.1) is 18.5 Å². The zero-order valence-electron chi connectivity index (χ0n) is 32.8. The highest BCUT2D eigenvalue weighted by atomic mass is 16.5. The maximum absolute atomic E-state index is 13.3. The first-order chi connectivity index (χ1) is 25.5. The van der Waals surface area contributed by atoms with Crippen molar-refractivity contribution < 1.29 is 14.3 Å². The van der Waals surface area contributed by atoms with Gasteiger partial charge >= 0.3 is 0 Å². The van der Waals surface area contributed by atoms with Crippen LogP contribution in [0.5, 0.6) is 11.5 Å². The van der Waals surface area contributed by atoms with E-state index in [0.29, 0.717) is 42.1 Å². The molecule has 0 bridgehead atoms. The molecule has 0 spiro atoms. The van der Waals surface area contributed by atoms with Crippen LogP contribution in [-0.2, 0) is 18.3 Å². The van der Waals surface area contributed by atoms with E-state index in [0.717, 1.165) is 80.1 Å². The monoisotopic (exact) mass is 722 g/mol. The summed E-state index contributed by atoms with van der Waals surface area (Å²) >= 11 is 0. The summed E-state index contributed by atoms with van der Waals surface area (Å²) in [6.45, 7) is 15.6. The van der Waals surface area contributed by atoms with E-state index < -0.39 is 0 Å². The molecule has 1 N–H and O–H groups in total. The van der Waals surface area contributed by atoms with Gasteiger partial charge in [-0.1, -0.05) is 24.3 Å². The van der Waals surface area contributed by atoms with Gasteiger partial charge in [-0.15, -0.1) is 0 Å². The van der Waals surface area contributed by atoms with E-state index in [-0.39, 0.29) is 11.4 Å². The number of carbonyl (C=O) groups excluding carboxylic acids is 1. The third-order valence-electron chi connectivity index (χ3n) is 10.6. The van der Waals surface area contributed by atoms with Crippen molar-refractivity contribution in [1.82, 2.24) is 34.1 Å². The topological polar surface area (TPSA) is 91.2 Å². The van der Waals surface area contributed by atoms with Gasteiger partial charge in [0.25, 0.3) is 0 Å². The first kappa shape index (κ1) is 38.4. The van der Waals surface area contributed by atoms with Crippen molar-refractivity contribution in [2.75, 3.05) is 85.5 Å². The van der Waals surface area contributed by atoms with Crippen LogP contribution >= 0.6 is 0 Å². The average Bonchev–Trinajstić information content (AvgIpc) is 3.48. The Hall–Kier alpha value is -4.29. The maximum atomic E-state index is 13.3. The van der Waals surface area contributed by atoms with Crippen molar-refractivity contribution in [2.24, 2.45) is 7.05 Å². The van der Waals surface area contributed by atoms with Crippen molar-refractivity contribution in [3.05, 3.63) is 78.4 Å². The molecular weight excluding hydrogens is 665 g/mol. The van der Waals surface area contributed by atoms with Crippen molar-refractivity contribution in [3.63, 3.8) is 0 Å². The summed E-state index contributed by atoms with van der Waals surface area (Å²) in [6, 6.07) is 14.7. The number of amides is 1. The van der Waals surface area contributed by atoms with Crippen LogP contribution in [0.4, 0.5) is 5.69 Å². The minimum atomic E-state index is -0.195. The number of carbonyl (C=O) groups is 1. The molecule has 1 amide bonds. The van der Waals surface area contributed by atoms with E-state index in [1.165, 1.54) is 12.8 Å². The number of nitrogens with zero attached hydrogens (tertiary/aromatic N) is 7. The number of hydrogen-bond donors (Lipinski definition) is 1. The van der Waals surface area contributed by atoms with Gasteiger partial charge in [0.15, 0.2) is 0 Å². The number of hydrogen-bond acceptors (Lipinski definition) is 9. The predicted molar refractivity (Wildman–Crippen MR) is 214 cm³/mol. The minimum Gasteiger partial charge on any atom is -0.496 e. The van der Waals surface area contributed by atoms with E-state index in [4.69, 9.17) is 14.5 Å². The van der Waals surface area contributed by atoms with Gasteiger partial charge < -0.3 is 24.3 Å². The normalized spacial score (nSPS) is 16.9. The number of likely N-dealkylation sites (N-methyl/N-ethyl adjacent to an activating group) is 1. The van der Waals surface area contributed by atoms with Crippen LogP contribution in [-0.4, -0.2) is 132 Å². The first-order valence-electron chi connectivity index (χ1n) is 19.0. The number of piperidine rings is 1. The Morgan fingerprint density at radius 2 is 1.77 bits per heavy atom. The Bertz CT molecular complexity index is 1860. The smallest absolute Gasteiger partial charge is 0.248 e. The highest BCUT2D eigenvalue weighted by Gasteiger charge is 2.30. The molecule has 4 aromatic rings. The zero-order chi connectivity index (χ0) is 37.5. The van der Waals surface area contributed by atoms with Gasteiger partial charge in [-0.3, -0.25) is 19.5 Å². The maximum Gasteiger partial charge on any atom is 0.248 e. The van der Waals surface area contributed by atoms with Gasteiger partial charge in [0.1, 0.15) is 23.9 Å². The molecule has 2 saturated heterocycles. The number of aryl methyl sites for hydroxylation is 1. The lowest BCUT2D eigenvalue weighted by molar-refractivity contribution is -0.111. The number of anilines is 1. The number of ether oxygens (including phenoxy) is 2. The van der Waals surface area contributed by atoms with Crippen LogP contribution in [0.1, 0.15) is 45.0 Å². The molecule has 6 rings (SSSR count). The number of aromatic nitrogens is 3. The molecule has 2 aliphatic rings. The fourth-order valence-electron chi connectivity index (χ4n) is 7.55. The molecule has 0 aliphatic carbocycles. The summed E-state index contributed by atoms with van der Waals surface area (Å²) in [6.07, 6.45) is 10.3. The standard InChI is InChI=1S/C42H58N8O3/c1-42(2,3)50-23-21-49(22-24-50)32-15-19-48(20-16-32)18-10-13-41(51)45-36-27-31(38(52-7)29-39(36)53-26-25-46(4)5)28-40-43-17-14-35(44-40)34-30-47(6)37-12-9-8-11-33(34)37/h8-14,17,27,29-30,32H,15-16,18-26,28H2,1-7H3,(H,45,51)/b13-10+. The highest BCUT2D eigenvalue weighted by Crippen LogP contribution is 2.35. The number of piperazine rings is 1. The van der Waals surface area contributed by atoms with E-state index >= 15 is 0 Å². The van der Waals surface area contributed by atoms with Crippen molar-refractivity contribution >= 4 is 22.5 Å². The Morgan fingerprint density at radius 1 is 1.02 bits per heavy atom. The molecule has 4 heterocycles. The third-order valence-corrected chi connectivity index (χ3v) is 10.6. The van der Waals surface area contributed by atoms with Gasteiger partial charge in [-0.05, 0) is 79.0 Å². The van der Waals surface area contributed by atoms with Gasteiger partial charge in [0.2, 0.25) is 5.91 Å². The molecule has 0 radical (unpaired) electrons. The van der Waals surface area contributed by atoms with E-state index in [2.05, 4.69) is 73.6 Å². The molecule has 2 aliphatic heterocycles. The third kappa shape index (κ3) is 9.83. The molecule has 2 aromatic carbocycles. The van der Waals surface area contributed by atoms with Gasteiger partial charge in [-0.25, -0.2) is 9.97 Å². The average molecular weight is 723 g/mol. The Labute approximate surface area is 315 Å². The fraction of sp³-hybridized carbons (Fsp3) is 0.500. The summed E-state index contributed by atoms with van der Waals surface area (Å²) in [5.41, 5.74) is 4.74. The van der Waals surface area contributed by atoms with Crippen molar-refractivity contribution in [1.29, 1.82) is 0 Å². The molecule has 0 saturated carbocycles. The quantitative estimate of drug-likeness (QED) is 0.179. The molecule has 284 valence electrons. The molecule has 0 unspecified atom stereocenters. The summed E-state index contributed by atoms with van der Waals surface area (Å²) in [5, 5.41) is 4.24. The second-order valence-electron chi connectivity index (χ2n) is 15.6. The number of rotatable bonds is 13. The van der Waals surface area contributed by atoms with Crippen LogP contribution < -0.4 is 14.8 Å². The first-order valence-corrected chi connectivity index (χ1v) is 19.0. The van der Waals surface area contributed by atoms with Crippen LogP contribution in [0.25, 0.3) is 22.2 Å². The lowest BCUT2D eigenvalue weighted by atomic mass is 10.0. The van der Waals surface area contributed by atoms with Crippen LogP contribution in [0.2, 0.25) is 0 Å². The minimum absolute atomic E-state index is 0.195. The second kappa shape index (κ2) is 17.2. The second-order valence-corrected chi connectivity index (χ2v) is 15.6. The zero-order valence-corrected chi connectivity index (χ0v) is 32.8. The number of fused-ring (bicyclic) bond motifs is 1. The summed E-state index contributed by atoms with van der Waals surface area (Å²) in [4.78, 5) is 32.7. The SMILES string of the molecule is COc1cc(OCCN(C)C)c(NC(=O)/C=C/CN2CCC(N3CCN(C(C)(C)C)CC3)CC2)cc1Cc1nccc(-c2cn(C)c3ccccc23)n1. The highest BCUT2D eigenvalue weighted by molar-refractivity contribution is 6.00. The Kier molecular flexibility index (Phi) is 12.5. The number of likely N-dealkylation sites (tertiary alicyclic amines) is 1. The van der Waals surface area contributed by atoms with Gasteiger partial charge in [-0.2, -0.15) is 0 Å². The summed E-state index contributed by atoms with van der Waals surface area (Å²) < 4.78 is 14.1. The molecule has 11 nitrogen and oxygen atoms in total. The largest absolute Gasteiger partial charge is 0.496 e. The van der Waals surface area contributed by atoms with E-state index in [1.807, 2.05) is 57.6 Å². The van der Waals surface area contributed by atoms with E-state index in [9.17, 15) is 4.79 Å². The molecule has 2 aromatic heterocycles. The van der Waals surface area contributed by atoms with E-state index in [1.54, 1.807) is 19.4 Å². The van der Waals surface area contributed by atoms with Crippen molar-refractivity contribution in [2.45, 2.75) is 51.6 Å². The Morgan fingerprint density at radius 3 is 2.49 bits per heavy atom. The predicted octanol–water partition coefficient (Wildman–Crippen LogP) is 5.55. The molecule has 0 atom stereocenters. The fourth-order valence-corrected chi connectivity index (χ4v) is 7.55. The summed E-state index contributed by atoms with van der Waals surface area (Å²) in [7, 11) is 7.70. The number of methoxy groups -OCH3 is 1. The molecule has 2 fully saturated rings. The van der Waals surface area contributed by atoms with Crippen LogP contribution in [0.3, 0.4) is 0 Å². The number of para-hydroxylation sites is 1. The lowest BCUT2D eigenvalue weighted by Gasteiger charge is -2.46. The molecular formula is C42H58N8O3.